The van der Waals surface area contributed by atoms with Gasteiger partial charge in [0, 0.05) is 0 Å². The molecule has 0 unspecified atom stereocenters. The van der Waals surface area contributed by atoms with Crippen molar-refractivity contribution in [3.8, 4) is 5.75 Å². The Balaban J connectivity index is 2.13. The molecule has 88 valence electrons. The maximum atomic E-state index is 5.57. The first-order valence-electron chi connectivity index (χ1n) is 6.23. The van der Waals surface area contributed by atoms with Crippen molar-refractivity contribution in [2.75, 3.05) is 6.61 Å². The highest BCUT2D eigenvalue weighted by Gasteiger charge is 2.16. The number of halogens is 1. The SMILES string of the molecule is CCOc1ccc(C2CCCCC2)cc1I. The summed E-state index contributed by atoms with van der Waals surface area (Å²) in [5, 5.41) is 0. The second kappa shape index (κ2) is 5.89. The first-order valence-corrected chi connectivity index (χ1v) is 7.31. The molecule has 2 heteroatoms. The number of rotatable bonds is 3. The lowest BCUT2D eigenvalue weighted by Gasteiger charge is -2.22. The average Bonchev–Trinajstić information content (AvgIpc) is 2.33. The van der Waals surface area contributed by atoms with Crippen LogP contribution >= 0.6 is 22.6 Å². The lowest BCUT2D eigenvalue weighted by atomic mass is 9.84. The maximum absolute atomic E-state index is 5.57. The molecule has 0 aliphatic heterocycles. The molecule has 1 aromatic carbocycles. The topological polar surface area (TPSA) is 9.23 Å². The van der Waals surface area contributed by atoms with E-state index in [9.17, 15) is 0 Å². The van der Waals surface area contributed by atoms with Crippen molar-refractivity contribution in [3.63, 3.8) is 0 Å². The summed E-state index contributed by atoms with van der Waals surface area (Å²) < 4.78 is 6.82. The van der Waals surface area contributed by atoms with E-state index in [4.69, 9.17) is 4.74 Å². The molecule has 0 radical (unpaired) electrons. The van der Waals surface area contributed by atoms with E-state index in [-0.39, 0.29) is 0 Å². The minimum Gasteiger partial charge on any atom is -0.493 e. The van der Waals surface area contributed by atoms with E-state index in [0.29, 0.717) is 0 Å². The van der Waals surface area contributed by atoms with Crippen LogP contribution in [0.1, 0.15) is 50.5 Å². The molecule has 0 bridgehead atoms. The molecule has 1 fully saturated rings. The van der Waals surface area contributed by atoms with Crippen LogP contribution in [0.3, 0.4) is 0 Å². The van der Waals surface area contributed by atoms with Crippen LogP contribution < -0.4 is 4.74 Å². The van der Waals surface area contributed by atoms with Gasteiger partial charge in [-0.05, 0) is 66.0 Å². The van der Waals surface area contributed by atoms with Gasteiger partial charge in [0.05, 0.1) is 10.2 Å². The lowest BCUT2D eigenvalue weighted by Crippen LogP contribution is -2.05. The molecule has 0 spiro atoms. The molecule has 1 aliphatic rings. The normalized spacial score (nSPS) is 17.4. The van der Waals surface area contributed by atoms with Gasteiger partial charge in [0.25, 0.3) is 0 Å². The van der Waals surface area contributed by atoms with Gasteiger partial charge in [-0.15, -0.1) is 0 Å². The highest BCUT2D eigenvalue weighted by atomic mass is 127. The van der Waals surface area contributed by atoms with Crippen molar-refractivity contribution in [1.29, 1.82) is 0 Å². The second-order valence-electron chi connectivity index (χ2n) is 4.46. The summed E-state index contributed by atoms with van der Waals surface area (Å²) in [7, 11) is 0. The van der Waals surface area contributed by atoms with Crippen LogP contribution in [-0.2, 0) is 0 Å². The van der Waals surface area contributed by atoms with Crippen molar-refractivity contribution in [2.45, 2.75) is 44.9 Å². The summed E-state index contributed by atoms with van der Waals surface area (Å²) in [5.74, 6) is 1.82. The fourth-order valence-corrected chi connectivity index (χ4v) is 3.17. The first-order chi connectivity index (χ1) is 7.81. The van der Waals surface area contributed by atoms with Gasteiger partial charge in [-0.2, -0.15) is 0 Å². The Bertz CT molecular complexity index is 343. The minimum absolute atomic E-state index is 0.749. The van der Waals surface area contributed by atoms with E-state index in [1.54, 1.807) is 0 Å². The molecule has 16 heavy (non-hydrogen) atoms. The van der Waals surface area contributed by atoms with E-state index < -0.39 is 0 Å². The average molecular weight is 330 g/mol. The Morgan fingerprint density at radius 1 is 1.25 bits per heavy atom. The predicted molar refractivity (Wildman–Crippen MR) is 76.2 cm³/mol. The third kappa shape index (κ3) is 2.90. The number of benzene rings is 1. The highest BCUT2D eigenvalue weighted by molar-refractivity contribution is 14.1. The van der Waals surface area contributed by atoms with Crippen molar-refractivity contribution < 1.29 is 4.74 Å². The molecule has 1 saturated carbocycles. The molecule has 0 heterocycles. The predicted octanol–water partition coefficient (Wildman–Crippen LogP) is 4.74. The third-order valence-electron chi connectivity index (χ3n) is 3.33. The molecule has 0 saturated heterocycles. The number of ether oxygens (including phenoxy) is 1. The van der Waals surface area contributed by atoms with Gasteiger partial charge in [-0.3, -0.25) is 0 Å². The largest absolute Gasteiger partial charge is 0.493 e. The Hall–Kier alpha value is -0.250. The first kappa shape index (κ1) is 12.2. The smallest absolute Gasteiger partial charge is 0.132 e. The van der Waals surface area contributed by atoms with Crippen LogP contribution in [0.2, 0.25) is 0 Å². The maximum Gasteiger partial charge on any atom is 0.132 e. The molecule has 0 aromatic heterocycles. The van der Waals surface area contributed by atoms with Gasteiger partial charge in [-0.25, -0.2) is 0 Å². The summed E-state index contributed by atoms with van der Waals surface area (Å²) in [6.45, 7) is 2.78. The summed E-state index contributed by atoms with van der Waals surface area (Å²) >= 11 is 2.38. The summed E-state index contributed by atoms with van der Waals surface area (Å²) in [6, 6.07) is 6.69. The van der Waals surface area contributed by atoms with Crippen LogP contribution in [0, 0.1) is 3.57 Å². The van der Waals surface area contributed by atoms with Gasteiger partial charge in [0.2, 0.25) is 0 Å². The Labute approximate surface area is 112 Å². The zero-order valence-electron chi connectivity index (χ0n) is 9.84. The molecule has 0 N–H and O–H groups in total. The van der Waals surface area contributed by atoms with Crippen LogP contribution in [0.4, 0.5) is 0 Å². The number of hydrogen-bond acceptors (Lipinski definition) is 1. The lowest BCUT2D eigenvalue weighted by molar-refractivity contribution is 0.337. The molecule has 1 aromatic rings. The Morgan fingerprint density at radius 3 is 2.62 bits per heavy atom. The van der Waals surface area contributed by atoms with Gasteiger partial charge in [0.1, 0.15) is 5.75 Å². The van der Waals surface area contributed by atoms with E-state index in [1.165, 1.54) is 41.2 Å². The van der Waals surface area contributed by atoms with Crippen LogP contribution in [0.5, 0.6) is 5.75 Å². The molecule has 1 nitrogen and oxygen atoms in total. The third-order valence-corrected chi connectivity index (χ3v) is 4.18. The molecular weight excluding hydrogens is 311 g/mol. The Kier molecular flexibility index (Phi) is 4.50. The number of hydrogen-bond donors (Lipinski definition) is 0. The minimum atomic E-state index is 0.749. The van der Waals surface area contributed by atoms with Gasteiger partial charge in [0.15, 0.2) is 0 Å². The van der Waals surface area contributed by atoms with Crippen LogP contribution in [0.15, 0.2) is 18.2 Å². The van der Waals surface area contributed by atoms with Crippen molar-refractivity contribution in [2.24, 2.45) is 0 Å². The van der Waals surface area contributed by atoms with Crippen LogP contribution in [-0.4, -0.2) is 6.61 Å². The second-order valence-corrected chi connectivity index (χ2v) is 5.62. The van der Waals surface area contributed by atoms with Crippen molar-refractivity contribution in [1.82, 2.24) is 0 Å². The van der Waals surface area contributed by atoms with Gasteiger partial charge >= 0.3 is 0 Å². The zero-order chi connectivity index (χ0) is 11.4. The van der Waals surface area contributed by atoms with Crippen molar-refractivity contribution in [3.05, 3.63) is 27.3 Å². The van der Waals surface area contributed by atoms with Crippen molar-refractivity contribution >= 4 is 22.6 Å². The highest BCUT2D eigenvalue weighted by Crippen LogP contribution is 2.34. The van der Waals surface area contributed by atoms with Gasteiger partial charge < -0.3 is 4.74 Å². The van der Waals surface area contributed by atoms with E-state index in [2.05, 4.69) is 40.8 Å². The summed E-state index contributed by atoms with van der Waals surface area (Å²) in [4.78, 5) is 0. The zero-order valence-corrected chi connectivity index (χ0v) is 12.0. The molecule has 0 atom stereocenters. The standard InChI is InChI=1S/C14H19IO/c1-2-16-14-9-8-12(10-13(14)15)11-6-4-3-5-7-11/h8-11H,2-7H2,1H3. The Morgan fingerprint density at radius 2 is 2.00 bits per heavy atom. The fraction of sp³-hybridized carbons (Fsp3) is 0.571. The molecule has 1 aliphatic carbocycles. The molecule has 2 rings (SSSR count). The summed E-state index contributed by atoms with van der Waals surface area (Å²) in [5.41, 5.74) is 1.51. The fourth-order valence-electron chi connectivity index (χ4n) is 2.48. The summed E-state index contributed by atoms with van der Waals surface area (Å²) in [6.07, 6.45) is 6.95. The van der Waals surface area contributed by atoms with E-state index >= 15 is 0 Å². The molecular formula is C14H19IO. The monoisotopic (exact) mass is 330 g/mol. The van der Waals surface area contributed by atoms with E-state index in [0.717, 1.165) is 18.3 Å². The van der Waals surface area contributed by atoms with E-state index in [1.807, 2.05) is 6.92 Å². The van der Waals surface area contributed by atoms with Gasteiger partial charge in [-0.1, -0.05) is 25.3 Å². The molecule has 0 amide bonds. The quantitative estimate of drug-likeness (QED) is 0.728. The van der Waals surface area contributed by atoms with Crippen LogP contribution in [0.25, 0.3) is 0 Å².